The molecule has 0 saturated heterocycles. The number of pyridine rings is 1. The van der Waals surface area contributed by atoms with Crippen molar-refractivity contribution in [3.05, 3.63) is 88.9 Å². The number of halogens is 1. The van der Waals surface area contributed by atoms with Crippen LogP contribution in [-0.4, -0.2) is 36.9 Å². The van der Waals surface area contributed by atoms with Crippen molar-refractivity contribution in [2.45, 2.75) is 45.3 Å². The summed E-state index contributed by atoms with van der Waals surface area (Å²) in [4.78, 5) is 17.8. The molecule has 0 spiro atoms. The molecule has 2 aromatic carbocycles. The number of aliphatic hydroxyl groups excluding tert-OH is 1. The first-order valence-corrected chi connectivity index (χ1v) is 13.2. The van der Waals surface area contributed by atoms with E-state index in [-0.39, 0.29) is 30.7 Å². The fraction of sp³-hybridized carbons (Fsp3) is 0.333. The highest BCUT2D eigenvalue weighted by Crippen LogP contribution is 2.42. The molecule has 1 aliphatic rings. The molecule has 1 aromatic heterocycles. The summed E-state index contributed by atoms with van der Waals surface area (Å²) in [5.41, 5.74) is 3.89. The molecule has 2 atom stereocenters. The number of hydrogen-bond acceptors (Lipinski definition) is 4. The van der Waals surface area contributed by atoms with Crippen LogP contribution in [0.3, 0.4) is 0 Å². The second-order valence-corrected chi connectivity index (χ2v) is 10.1. The zero-order valence-electron chi connectivity index (χ0n) is 19.7. The zero-order valence-corrected chi connectivity index (χ0v) is 20.6. The number of nitrogens with zero attached hydrogens (tertiary/aromatic N) is 2. The summed E-state index contributed by atoms with van der Waals surface area (Å²) < 4.78 is 29.1. The van der Waals surface area contributed by atoms with Gasteiger partial charge in [0.2, 0.25) is 0 Å². The van der Waals surface area contributed by atoms with E-state index in [1.165, 1.54) is 6.07 Å². The van der Waals surface area contributed by atoms with Gasteiger partial charge in [0.05, 0.1) is 22.7 Å². The molecule has 2 heterocycles. The van der Waals surface area contributed by atoms with Gasteiger partial charge in [-0.25, -0.2) is 17.9 Å². The van der Waals surface area contributed by atoms with Crippen LogP contribution >= 0.6 is 0 Å². The molecule has 0 aliphatic carbocycles. The van der Waals surface area contributed by atoms with Crippen molar-refractivity contribution in [2.75, 3.05) is 12.4 Å². The van der Waals surface area contributed by atoms with Gasteiger partial charge in [-0.1, -0.05) is 61.9 Å². The summed E-state index contributed by atoms with van der Waals surface area (Å²) in [5, 5.41) is 12.6. The lowest BCUT2D eigenvalue weighted by Gasteiger charge is -2.24. The molecule has 4 rings (SSSR count). The summed E-state index contributed by atoms with van der Waals surface area (Å²) in [7, 11) is -1.21. The highest BCUT2D eigenvalue weighted by molar-refractivity contribution is 7.82. The van der Waals surface area contributed by atoms with E-state index in [9.17, 15) is 18.5 Å². The van der Waals surface area contributed by atoms with E-state index >= 15 is 0 Å². The van der Waals surface area contributed by atoms with Crippen molar-refractivity contribution in [1.82, 2.24) is 14.6 Å². The number of carbonyl (C=O) groups excluding carboxylic acids is 1. The number of aromatic nitrogens is 1. The topological polar surface area (TPSA) is 82.5 Å². The van der Waals surface area contributed by atoms with Gasteiger partial charge in [0, 0.05) is 42.1 Å². The van der Waals surface area contributed by atoms with Gasteiger partial charge in [-0.2, -0.15) is 0 Å². The normalized spacial score (nSPS) is 16.1. The maximum atomic E-state index is 14.0. The molecule has 8 heteroatoms. The maximum Gasteiger partial charge on any atom is 0.270 e. The van der Waals surface area contributed by atoms with Crippen LogP contribution < -0.4 is 5.32 Å². The van der Waals surface area contributed by atoms with E-state index in [0.29, 0.717) is 30.0 Å². The lowest BCUT2D eigenvalue weighted by Crippen LogP contribution is -2.27. The number of unbranched alkanes of at least 4 members (excludes halogenated alkanes) is 1. The Morgan fingerprint density at radius 1 is 1.20 bits per heavy atom. The van der Waals surface area contributed by atoms with Crippen LogP contribution in [0.5, 0.6) is 0 Å². The fourth-order valence-electron chi connectivity index (χ4n) is 4.38. The average Bonchev–Trinajstić information content (AvgIpc) is 3.25. The number of carbonyl (C=O) groups is 1. The minimum absolute atomic E-state index is 0.0469. The highest BCUT2D eigenvalue weighted by atomic mass is 32.2. The van der Waals surface area contributed by atoms with Crippen molar-refractivity contribution < 1.29 is 18.5 Å². The largest absolute Gasteiger partial charge is 0.396 e. The van der Waals surface area contributed by atoms with Crippen LogP contribution in [0.4, 0.5) is 4.39 Å². The van der Waals surface area contributed by atoms with Gasteiger partial charge in [-0.15, -0.1) is 0 Å². The Morgan fingerprint density at radius 3 is 2.66 bits per heavy atom. The lowest BCUT2D eigenvalue weighted by molar-refractivity contribution is 0.0945. The predicted molar refractivity (Wildman–Crippen MR) is 135 cm³/mol. The Balaban J connectivity index is 1.71. The van der Waals surface area contributed by atoms with E-state index in [2.05, 4.69) is 12.2 Å². The number of benzene rings is 2. The van der Waals surface area contributed by atoms with Crippen molar-refractivity contribution >= 4 is 16.9 Å². The van der Waals surface area contributed by atoms with Gasteiger partial charge in [-0.05, 0) is 30.5 Å². The average molecular weight is 496 g/mol. The van der Waals surface area contributed by atoms with E-state index in [1.54, 1.807) is 24.3 Å². The summed E-state index contributed by atoms with van der Waals surface area (Å²) >= 11 is 0. The molecule has 35 heavy (non-hydrogen) atoms. The molecular weight excluding hydrogens is 465 g/mol. The number of rotatable bonds is 10. The Morgan fingerprint density at radius 2 is 1.94 bits per heavy atom. The third-order valence-corrected chi connectivity index (χ3v) is 7.71. The third-order valence-electron chi connectivity index (χ3n) is 6.17. The summed E-state index contributed by atoms with van der Waals surface area (Å²) in [6, 6.07) is 17.4. The molecule has 1 amide bonds. The Bertz CT molecular complexity index is 1210. The standard InChI is InChI=1S/C27H30FN3O3S/c1-2-3-15-35(34)31-18-21-16-23(27(33)29-17-20-11-7-8-12-22(20)28)30-26(19-9-5-4-6-10-19)25(21)24(31)13-14-32/h4-12,16,24,32H,2-3,13-15,17-18H2,1H3,(H,29,33)/t24-,35?/m1/s1. The maximum absolute atomic E-state index is 14.0. The number of amides is 1. The Kier molecular flexibility index (Phi) is 8.38. The minimum Gasteiger partial charge on any atom is -0.396 e. The van der Waals surface area contributed by atoms with Crippen LogP contribution in [-0.2, 0) is 24.1 Å². The van der Waals surface area contributed by atoms with Crippen LogP contribution in [0.1, 0.15) is 59.4 Å². The molecule has 3 aromatic rings. The van der Waals surface area contributed by atoms with Gasteiger partial charge < -0.3 is 10.4 Å². The van der Waals surface area contributed by atoms with E-state index in [4.69, 9.17) is 4.98 Å². The van der Waals surface area contributed by atoms with Gasteiger partial charge >= 0.3 is 0 Å². The van der Waals surface area contributed by atoms with Crippen LogP contribution in [0.2, 0.25) is 0 Å². The van der Waals surface area contributed by atoms with E-state index in [0.717, 1.165) is 29.5 Å². The zero-order chi connectivity index (χ0) is 24.8. The minimum atomic E-state index is -1.21. The van der Waals surface area contributed by atoms with Crippen LogP contribution in [0.25, 0.3) is 11.3 Å². The fourth-order valence-corrected chi connectivity index (χ4v) is 5.93. The van der Waals surface area contributed by atoms with Gasteiger partial charge in [0.1, 0.15) is 11.5 Å². The molecule has 0 radical (unpaired) electrons. The Hall–Kier alpha value is -2.94. The van der Waals surface area contributed by atoms with Crippen LogP contribution in [0.15, 0.2) is 60.7 Å². The second kappa shape index (κ2) is 11.7. The van der Waals surface area contributed by atoms with Crippen LogP contribution in [0, 0.1) is 5.82 Å². The molecule has 184 valence electrons. The summed E-state index contributed by atoms with van der Waals surface area (Å²) in [6.07, 6.45) is 2.21. The quantitative estimate of drug-likeness (QED) is 0.433. The third kappa shape index (κ3) is 5.66. The molecule has 0 bridgehead atoms. The van der Waals surface area contributed by atoms with Gasteiger partial charge in [-0.3, -0.25) is 4.79 Å². The molecule has 0 saturated carbocycles. The molecule has 1 unspecified atom stereocenters. The number of fused-ring (bicyclic) bond motifs is 1. The smallest absolute Gasteiger partial charge is 0.270 e. The first-order chi connectivity index (χ1) is 17.0. The van der Waals surface area contributed by atoms with E-state index < -0.39 is 16.9 Å². The molecule has 6 nitrogen and oxygen atoms in total. The summed E-state index contributed by atoms with van der Waals surface area (Å²) in [5.74, 6) is -0.231. The van der Waals surface area contributed by atoms with Crippen molar-refractivity contribution in [2.24, 2.45) is 0 Å². The van der Waals surface area contributed by atoms with Gasteiger partial charge in [0.25, 0.3) is 5.91 Å². The molecule has 1 aliphatic heterocycles. The molecule has 0 fully saturated rings. The number of hydrogen-bond donors (Lipinski definition) is 2. The summed E-state index contributed by atoms with van der Waals surface area (Å²) in [6.45, 7) is 2.47. The van der Waals surface area contributed by atoms with Gasteiger partial charge in [0.15, 0.2) is 0 Å². The first kappa shape index (κ1) is 25.2. The number of aliphatic hydroxyl groups is 1. The predicted octanol–water partition coefficient (Wildman–Crippen LogP) is 4.52. The van der Waals surface area contributed by atoms with Crippen molar-refractivity contribution in [1.29, 1.82) is 0 Å². The Labute approximate surface area is 207 Å². The second-order valence-electron chi connectivity index (χ2n) is 8.55. The first-order valence-electron chi connectivity index (χ1n) is 11.9. The highest BCUT2D eigenvalue weighted by Gasteiger charge is 2.37. The van der Waals surface area contributed by atoms with E-state index in [1.807, 2.05) is 34.6 Å². The SMILES string of the molecule is CCCCS(=O)N1Cc2cc(C(=O)NCc3ccccc3F)nc(-c3ccccc3)c2[C@H]1CCO. The molecule has 2 N–H and O–H groups in total. The molecular formula is C27H30FN3O3S. The van der Waals surface area contributed by atoms with Crippen molar-refractivity contribution in [3.8, 4) is 11.3 Å². The monoisotopic (exact) mass is 495 g/mol. The number of nitrogens with one attached hydrogen (secondary N) is 1. The van der Waals surface area contributed by atoms with Crippen molar-refractivity contribution in [3.63, 3.8) is 0 Å². The lowest BCUT2D eigenvalue weighted by atomic mass is 9.96.